The van der Waals surface area contributed by atoms with E-state index in [2.05, 4.69) is 20.4 Å². The Morgan fingerprint density at radius 1 is 1.25 bits per heavy atom. The fourth-order valence-corrected chi connectivity index (χ4v) is 3.08. The third kappa shape index (κ3) is 5.85. The number of aliphatic hydroxyl groups is 2. The Morgan fingerprint density at radius 2 is 1.95 bits per heavy atom. The molecule has 114 valence electrons. The molecule has 0 radical (unpaired) electrons. The van der Waals surface area contributed by atoms with Crippen molar-refractivity contribution in [1.82, 2.24) is 0 Å². The van der Waals surface area contributed by atoms with Crippen molar-refractivity contribution in [2.24, 2.45) is 17.8 Å². The summed E-state index contributed by atoms with van der Waals surface area (Å²) in [6, 6.07) is 0. The van der Waals surface area contributed by atoms with E-state index in [9.17, 15) is 10.2 Å². The molecule has 1 aliphatic carbocycles. The van der Waals surface area contributed by atoms with Crippen LogP contribution in [-0.4, -0.2) is 10.2 Å². The standard InChI is InChI=1S/C18H30O2/c1-4-15-7-6-8-16(13-15)11-9-14(3)10-12-18(20)17(19)5-2/h5,10,12,14-16,19-20H,2,4,6-9,11,13H2,1,3H3/b12-10-,18-17-. The summed E-state index contributed by atoms with van der Waals surface area (Å²) in [6.45, 7) is 7.89. The van der Waals surface area contributed by atoms with E-state index in [4.69, 9.17) is 0 Å². The second kappa shape index (κ2) is 8.89. The molecule has 1 aliphatic rings. The van der Waals surface area contributed by atoms with Gasteiger partial charge in [0, 0.05) is 0 Å². The van der Waals surface area contributed by atoms with Crippen molar-refractivity contribution >= 4 is 0 Å². The van der Waals surface area contributed by atoms with Crippen molar-refractivity contribution in [3.05, 3.63) is 36.3 Å². The highest BCUT2D eigenvalue weighted by molar-refractivity contribution is 5.21. The molecule has 0 aromatic heterocycles. The van der Waals surface area contributed by atoms with Crippen molar-refractivity contribution in [3.8, 4) is 0 Å². The highest BCUT2D eigenvalue weighted by Crippen LogP contribution is 2.34. The first-order valence-corrected chi connectivity index (χ1v) is 7.99. The van der Waals surface area contributed by atoms with E-state index < -0.39 is 0 Å². The molecule has 2 N–H and O–H groups in total. The molecule has 2 heteroatoms. The Balaban J connectivity index is 2.34. The van der Waals surface area contributed by atoms with Crippen molar-refractivity contribution in [3.63, 3.8) is 0 Å². The first kappa shape index (κ1) is 16.9. The second-order valence-corrected chi connectivity index (χ2v) is 6.20. The van der Waals surface area contributed by atoms with Gasteiger partial charge in [-0.05, 0) is 49.2 Å². The molecule has 20 heavy (non-hydrogen) atoms. The van der Waals surface area contributed by atoms with E-state index in [1.165, 1.54) is 44.6 Å². The largest absolute Gasteiger partial charge is 0.504 e. The Bertz CT molecular complexity index is 354. The van der Waals surface area contributed by atoms with Gasteiger partial charge in [-0.25, -0.2) is 0 Å². The highest BCUT2D eigenvalue weighted by atomic mass is 16.3. The number of hydrogen-bond donors (Lipinski definition) is 2. The van der Waals surface area contributed by atoms with Gasteiger partial charge in [0.2, 0.25) is 0 Å². The minimum Gasteiger partial charge on any atom is -0.504 e. The lowest BCUT2D eigenvalue weighted by Crippen LogP contribution is -2.15. The van der Waals surface area contributed by atoms with Crippen LogP contribution in [-0.2, 0) is 0 Å². The van der Waals surface area contributed by atoms with Crippen molar-refractivity contribution in [2.75, 3.05) is 0 Å². The van der Waals surface area contributed by atoms with Crippen LogP contribution in [0.4, 0.5) is 0 Å². The SMILES string of the molecule is C=C/C(O)=C(O)\C=C/C(C)CCC1CCCC(CC)C1. The van der Waals surface area contributed by atoms with Gasteiger partial charge >= 0.3 is 0 Å². The molecule has 1 rings (SSSR count). The molecule has 1 fully saturated rings. The zero-order valence-corrected chi connectivity index (χ0v) is 13.0. The molecule has 0 amide bonds. The molecule has 1 saturated carbocycles. The minimum absolute atomic E-state index is 0.101. The Kier molecular flexibility index (Phi) is 7.50. The van der Waals surface area contributed by atoms with Crippen LogP contribution in [0.1, 0.15) is 58.8 Å². The molecular weight excluding hydrogens is 248 g/mol. The molecule has 0 aromatic carbocycles. The lowest BCUT2D eigenvalue weighted by Gasteiger charge is -2.28. The molecule has 0 aromatic rings. The predicted molar refractivity (Wildman–Crippen MR) is 85.8 cm³/mol. The van der Waals surface area contributed by atoms with Crippen molar-refractivity contribution < 1.29 is 10.2 Å². The summed E-state index contributed by atoms with van der Waals surface area (Å²) < 4.78 is 0. The van der Waals surface area contributed by atoms with Gasteiger partial charge in [0.15, 0.2) is 11.5 Å². The van der Waals surface area contributed by atoms with E-state index in [1.807, 2.05) is 6.08 Å². The van der Waals surface area contributed by atoms with Crippen LogP contribution in [0, 0.1) is 17.8 Å². The van der Waals surface area contributed by atoms with Gasteiger partial charge in [-0.3, -0.25) is 0 Å². The highest BCUT2D eigenvalue weighted by Gasteiger charge is 2.20. The summed E-state index contributed by atoms with van der Waals surface area (Å²) in [5.41, 5.74) is 0. The van der Waals surface area contributed by atoms with Gasteiger partial charge in [0.25, 0.3) is 0 Å². The topological polar surface area (TPSA) is 40.5 Å². The molecular formula is C18H30O2. The van der Waals surface area contributed by atoms with Crippen molar-refractivity contribution in [1.29, 1.82) is 0 Å². The summed E-state index contributed by atoms with van der Waals surface area (Å²) in [4.78, 5) is 0. The number of rotatable bonds is 7. The first-order chi connectivity index (χ1) is 9.56. The van der Waals surface area contributed by atoms with Crippen LogP contribution in [0.5, 0.6) is 0 Å². The smallest absolute Gasteiger partial charge is 0.157 e. The van der Waals surface area contributed by atoms with Gasteiger partial charge in [-0.15, -0.1) is 0 Å². The van der Waals surface area contributed by atoms with Crippen LogP contribution < -0.4 is 0 Å². The van der Waals surface area contributed by atoms with Crippen LogP contribution in [0.25, 0.3) is 0 Å². The van der Waals surface area contributed by atoms with Gasteiger partial charge in [-0.2, -0.15) is 0 Å². The molecule has 2 nitrogen and oxygen atoms in total. The number of aliphatic hydroxyl groups excluding tert-OH is 2. The third-order valence-corrected chi connectivity index (χ3v) is 4.54. The van der Waals surface area contributed by atoms with Crippen LogP contribution in [0.2, 0.25) is 0 Å². The zero-order valence-electron chi connectivity index (χ0n) is 13.0. The molecule has 0 heterocycles. The lowest BCUT2D eigenvalue weighted by atomic mass is 9.77. The number of hydrogen-bond acceptors (Lipinski definition) is 2. The fraction of sp³-hybridized carbons (Fsp3) is 0.667. The van der Waals surface area contributed by atoms with E-state index in [0.717, 1.165) is 18.3 Å². The summed E-state index contributed by atoms with van der Waals surface area (Å²) in [5, 5.41) is 18.8. The molecule has 0 aliphatic heterocycles. The van der Waals surface area contributed by atoms with E-state index >= 15 is 0 Å². The Hall–Kier alpha value is -1.18. The lowest BCUT2D eigenvalue weighted by molar-refractivity contribution is 0.241. The Labute approximate surface area is 123 Å². The fourth-order valence-electron chi connectivity index (χ4n) is 3.08. The molecule has 0 spiro atoms. The third-order valence-electron chi connectivity index (χ3n) is 4.54. The predicted octanol–water partition coefficient (Wildman–Crippen LogP) is 5.69. The normalized spacial score (nSPS) is 26.3. The number of allylic oxidation sites excluding steroid dienone is 3. The molecule has 0 saturated heterocycles. The van der Waals surface area contributed by atoms with Gasteiger partial charge in [0.1, 0.15) is 0 Å². The maximum Gasteiger partial charge on any atom is 0.157 e. The average Bonchev–Trinajstić information content (AvgIpc) is 2.49. The van der Waals surface area contributed by atoms with E-state index in [-0.39, 0.29) is 11.5 Å². The summed E-state index contributed by atoms with van der Waals surface area (Å²) in [6.07, 6.45) is 14.1. The van der Waals surface area contributed by atoms with E-state index in [1.54, 1.807) is 6.08 Å². The first-order valence-electron chi connectivity index (χ1n) is 7.99. The maximum atomic E-state index is 9.52. The van der Waals surface area contributed by atoms with Crippen molar-refractivity contribution in [2.45, 2.75) is 58.8 Å². The molecule has 3 atom stereocenters. The van der Waals surface area contributed by atoms with E-state index in [0.29, 0.717) is 5.92 Å². The van der Waals surface area contributed by atoms with Gasteiger partial charge in [-0.1, -0.05) is 52.2 Å². The molecule has 0 bridgehead atoms. The minimum atomic E-state index is -0.161. The van der Waals surface area contributed by atoms with Crippen LogP contribution >= 0.6 is 0 Å². The van der Waals surface area contributed by atoms with Crippen LogP contribution in [0.3, 0.4) is 0 Å². The zero-order chi connectivity index (χ0) is 15.0. The van der Waals surface area contributed by atoms with Gasteiger partial charge < -0.3 is 10.2 Å². The quantitative estimate of drug-likeness (QED) is 0.464. The summed E-state index contributed by atoms with van der Waals surface area (Å²) in [7, 11) is 0. The van der Waals surface area contributed by atoms with Crippen LogP contribution in [0.15, 0.2) is 36.3 Å². The average molecular weight is 278 g/mol. The van der Waals surface area contributed by atoms with Gasteiger partial charge in [0.05, 0.1) is 0 Å². The monoisotopic (exact) mass is 278 g/mol. The second-order valence-electron chi connectivity index (χ2n) is 6.20. The Morgan fingerprint density at radius 3 is 2.60 bits per heavy atom. The summed E-state index contributed by atoms with van der Waals surface area (Å²) >= 11 is 0. The summed E-state index contributed by atoms with van der Waals surface area (Å²) in [5.74, 6) is 1.99. The maximum absolute atomic E-state index is 9.52. The molecule has 3 unspecified atom stereocenters.